The minimum absolute atomic E-state index is 0.383. The van der Waals surface area contributed by atoms with Gasteiger partial charge in [-0.05, 0) is 31.2 Å². The van der Waals surface area contributed by atoms with Crippen LogP contribution < -0.4 is 5.32 Å². The first-order valence-corrected chi connectivity index (χ1v) is 8.00. The highest BCUT2D eigenvalue weighted by molar-refractivity contribution is 8.00. The molecule has 1 atom stereocenters. The van der Waals surface area contributed by atoms with Crippen molar-refractivity contribution in [3.8, 4) is 0 Å². The summed E-state index contributed by atoms with van der Waals surface area (Å²) in [6.45, 7) is 17.3. The van der Waals surface area contributed by atoms with Crippen LogP contribution in [0.15, 0.2) is 0 Å². The van der Waals surface area contributed by atoms with E-state index in [2.05, 4.69) is 65.5 Å². The van der Waals surface area contributed by atoms with Crippen molar-refractivity contribution in [2.45, 2.75) is 78.5 Å². The molecule has 0 saturated carbocycles. The summed E-state index contributed by atoms with van der Waals surface area (Å²) in [6.07, 6.45) is 3.83. The molecule has 0 aliphatic heterocycles. The Labute approximate surface area is 114 Å². The molecule has 0 bridgehead atoms. The van der Waals surface area contributed by atoms with Crippen molar-refractivity contribution in [2.24, 2.45) is 5.41 Å². The largest absolute Gasteiger partial charge is 0.313 e. The Hall–Kier alpha value is 0.310. The quantitative estimate of drug-likeness (QED) is 0.710. The molecule has 2 heteroatoms. The third-order valence-electron chi connectivity index (χ3n) is 2.64. The van der Waals surface area contributed by atoms with Crippen molar-refractivity contribution in [2.75, 3.05) is 12.3 Å². The molecule has 0 fully saturated rings. The molecule has 0 aromatic heterocycles. The lowest BCUT2D eigenvalue weighted by Crippen LogP contribution is -2.34. The van der Waals surface area contributed by atoms with Crippen molar-refractivity contribution in [3.63, 3.8) is 0 Å². The lowest BCUT2D eigenvalue weighted by atomic mass is 9.89. The van der Waals surface area contributed by atoms with E-state index in [9.17, 15) is 0 Å². The van der Waals surface area contributed by atoms with Gasteiger partial charge in [0.05, 0.1) is 0 Å². The van der Waals surface area contributed by atoms with Crippen LogP contribution in [-0.2, 0) is 0 Å². The third kappa shape index (κ3) is 12.6. The van der Waals surface area contributed by atoms with Crippen LogP contribution in [0.4, 0.5) is 0 Å². The van der Waals surface area contributed by atoms with Gasteiger partial charge in [-0.1, -0.05) is 48.5 Å². The van der Waals surface area contributed by atoms with Gasteiger partial charge >= 0.3 is 0 Å². The van der Waals surface area contributed by atoms with Crippen molar-refractivity contribution in [1.29, 1.82) is 0 Å². The maximum Gasteiger partial charge on any atom is 0.0158 e. The predicted molar refractivity (Wildman–Crippen MR) is 83.0 cm³/mol. The Morgan fingerprint density at radius 3 is 2.06 bits per heavy atom. The smallest absolute Gasteiger partial charge is 0.0158 e. The molecule has 0 spiro atoms. The summed E-state index contributed by atoms with van der Waals surface area (Å²) in [7, 11) is 0. The number of rotatable bonds is 7. The normalized spacial score (nSPS) is 15.0. The number of hydrogen-bond donors (Lipinski definition) is 1. The van der Waals surface area contributed by atoms with Crippen LogP contribution in [0.1, 0.15) is 67.7 Å². The molecule has 1 nitrogen and oxygen atoms in total. The first-order valence-electron chi connectivity index (χ1n) is 7.01. The zero-order valence-corrected chi connectivity index (χ0v) is 13.8. The average Bonchev–Trinajstić information content (AvgIpc) is 2.13. The zero-order valence-electron chi connectivity index (χ0n) is 13.0. The molecule has 0 radical (unpaired) electrons. The molecular formula is C15H33NS. The van der Waals surface area contributed by atoms with E-state index in [-0.39, 0.29) is 0 Å². The van der Waals surface area contributed by atoms with Gasteiger partial charge in [0.2, 0.25) is 0 Å². The summed E-state index contributed by atoms with van der Waals surface area (Å²) in [5.41, 5.74) is 0.457. The summed E-state index contributed by atoms with van der Waals surface area (Å²) in [5.74, 6) is 1.24. The summed E-state index contributed by atoms with van der Waals surface area (Å²) in [6, 6.07) is 0.679. The highest BCUT2D eigenvalue weighted by atomic mass is 32.2. The van der Waals surface area contributed by atoms with E-state index in [1.165, 1.54) is 25.0 Å². The van der Waals surface area contributed by atoms with Crippen molar-refractivity contribution in [3.05, 3.63) is 0 Å². The summed E-state index contributed by atoms with van der Waals surface area (Å²) < 4.78 is 0.383. The van der Waals surface area contributed by atoms with Gasteiger partial charge in [-0.25, -0.2) is 0 Å². The van der Waals surface area contributed by atoms with Crippen LogP contribution in [0.5, 0.6) is 0 Å². The van der Waals surface area contributed by atoms with Gasteiger partial charge in [0, 0.05) is 16.5 Å². The molecule has 0 aromatic rings. The van der Waals surface area contributed by atoms with Gasteiger partial charge in [0.25, 0.3) is 0 Å². The SMILES string of the molecule is CCCNC(CCC(C)(C)C)CSC(C)(C)C. The fourth-order valence-electron chi connectivity index (χ4n) is 1.55. The molecule has 0 aliphatic rings. The average molecular weight is 260 g/mol. The molecule has 0 aliphatic carbocycles. The van der Waals surface area contributed by atoms with Crippen LogP contribution in [0.25, 0.3) is 0 Å². The van der Waals surface area contributed by atoms with E-state index in [1.54, 1.807) is 0 Å². The lowest BCUT2D eigenvalue weighted by molar-refractivity contribution is 0.338. The second kappa shape index (κ2) is 7.68. The molecule has 0 heterocycles. The second-order valence-corrected chi connectivity index (χ2v) is 9.02. The van der Waals surface area contributed by atoms with E-state index in [0.29, 0.717) is 16.2 Å². The monoisotopic (exact) mass is 259 g/mol. The third-order valence-corrected chi connectivity index (χ3v) is 4.08. The van der Waals surface area contributed by atoms with Gasteiger partial charge in [0.1, 0.15) is 0 Å². The summed E-state index contributed by atoms with van der Waals surface area (Å²) in [5, 5.41) is 3.69. The predicted octanol–water partition coefficient (Wildman–Crippen LogP) is 4.71. The second-order valence-electron chi connectivity index (χ2n) is 7.17. The van der Waals surface area contributed by atoms with Crippen LogP contribution in [0.2, 0.25) is 0 Å². The van der Waals surface area contributed by atoms with Crippen LogP contribution >= 0.6 is 11.8 Å². The topological polar surface area (TPSA) is 12.0 Å². The number of hydrogen-bond acceptors (Lipinski definition) is 2. The van der Waals surface area contributed by atoms with Gasteiger partial charge in [-0.2, -0.15) is 11.8 Å². The fourth-order valence-corrected chi connectivity index (χ4v) is 2.54. The minimum atomic E-state index is 0.383. The highest BCUT2D eigenvalue weighted by Gasteiger charge is 2.18. The molecule has 0 saturated heterocycles. The molecular weight excluding hydrogens is 226 g/mol. The Morgan fingerprint density at radius 1 is 1.06 bits per heavy atom. The van der Waals surface area contributed by atoms with Crippen LogP contribution in [0, 0.1) is 5.41 Å². The van der Waals surface area contributed by atoms with Crippen molar-refractivity contribution < 1.29 is 0 Å². The molecule has 1 unspecified atom stereocenters. The van der Waals surface area contributed by atoms with Gasteiger partial charge in [-0.3, -0.25) is 0 Å². The van der Waals surface area contributed by atoms with Gasteiger partial charge in [-0.15, -0.1) is 0 Å². The maximum atomic E-state index is 3.69. The summed E-state index contributed by atoms with van der Waals surface area (Å²) >= 11 is 2.08. The number of nitrogens with one attached hydrogen (secondary N) is 1. The molecule has 0 rings (SSSR count). The van der Waals surface area contributed by atoms with E-state index in [1.807, 2.05) is 0 Å². The van der Waals surface area contributed by atoms with E-state index in [0.717, 1.165) is 6.54 Å². The minimum Gasteiger partial charge on any atom is -0.313 e. The van der Waals surface area contributed by atoms with Gasteiger partial charge in [0.15, 0.2) is 0 Å². The molecule has 0 aromatic carbocycles. The van der Waals surface area contributed by atoms with E-state index in [4.69, 9.17) is 0 Å². The Morgan fingerprint density at radius 2 is 1.65 bits per heavy atom. The molecule has 17 heavy (non-hydrogen) atoms. The fraction of sp³-hybridized carbons (Fsp3) is 1.00. The van der Waals surface area contributed by atoms with Gasteiger partial charge < -0.3 is 5.32 Å². The Balaban J connectivity index is 4.05. The van der Waals surface area contributed by atoms with Crippen LogP contribution in [0.3, 0.4) is 0 Å². The molecule has 1 N–H and O–H groups in total. The first-order chi connectivity index (χ1) is 7.64. The summed E-state index contributed by atoms with van der Waals surface area (Å²) in [4.78, 5) is 0. The standard InChI is InChI=1S/C15H33NS/c1-8-11-16-13(9-10-14(2,3)4)12-17-15(5,6)7/h13,16H,8-12H2,1-7H3. The van der Waals surface area contributed by atoms with Crippen molar-refractivity contribution in [1.82, 2.24) is 5.32 Å². The van der Waals surface area contributed by atoms with Crippen molar-refractivity contribution >= 4 is 11.8 Å². The van der Waals surface area contributed by atoms with E-state index < -0.39 is 0 Å². The number of thioether (sulfide) groups is 1. The van der Waals surface area contributed by atoms with E-state index >= 15 is 0 Å². The molecule has 0 amide bonds. The molecule has 104 valence electrons. The Bertz CT molecular complexity index is 170. The first kappa shape index (κ1) is 17.3. The highest BCUT2D eigenvalue weighted by Crippen LogP contribution is 2.27. The Kier molecular flexibility index (Phi) is 7.82. The van der Waals surface area contributed by atoms with Crippen LogP contribution in [-0.4, -0.2) is 23.1 Å². The lowest BCUT2D eigenvalue weighted by Gasteiger charge is -2.26. The zero-order chi connectivity index (χ0) is 13.5. The maximum absolute atomic E-state index is 3.69.